The predicted molar refractivity (Wildman–Crippen MR) is 56.3 cm³/mol. The molecule has 0 aromatic heterocycles. The van der Waals surface area contributed by atoms with E-state index in [4.69, 9.17) is 0 Å². The lowest BCUT2D eigenvalue weighted by atomic mass is 10.2. The molecule has 0 aliphatic rings. The molecule has 13 heavy (non-hydrogen) atoms. The molecule has 0 saturated heterocycles. The highest BCUT2D eigenvalue weighted by atomic mass is 35.5. The maximum Gasteiger partial charge on any atom is 0.0784 e. The molecule has 0 fully saturated rings. The topological polar surface area (TPSA) is 0 Å². The van der Waals surface area contributed by atoms with Gasteiger partial charge in [-0.25, -0.2) is 0 Å². The Hall–Kier alpha value is 0.250. The first-order chi connectivity index (χ1) is 5.68. The average Bonchev–Trinajstić information content (AvgIpc) is 2.11. The van der Waals surface area contributed by atoms with Gasteiger partial charge in [-0.2, -0.15) is 0 Å². The Labute approximate surface area is 90.5 Å². The summed E-state index contributed by atoms with van der Waals surface area (Å²) in [6.45, 7) is 10.9. The summed E-state index contributed by atoms with van der Waals surface area (Å²) in [5, 5.41) is 0. The molecule has 0 unspecified atom stereocenters. The largest absolute Gasteiger partial charge is 1.00 e. The zero-order valence-corrected chi connectivity index (χ0v) is 10.5. The van der Waals surface area contributed by atoms with Crippen LogP contribution in [0.3, 0.4) is 0 Å². The van der Waals surface area contributed by atoms with Gasteiger partial charge < -0.3 is 16.9 Å². The molecule has 0 aliphatic carbocycles. The monoisotopic (exact) mass is 207 g/mol. The lowest BCUT2D eigenvalue weighted by Crippen LogP contribution is -3.00. The number of nitrogens with zero attached hydrogens (tertiary/aromatic N) is 1. The highest BCUT2D eigenvalue weighted by Crippen LogP contribution is 2.07. The molecule has 0 atom stereocenters. The molecule has 0 aromatic rings. The van der Waals surface area contributed by atoms with Crippen molar-refractivity contribution >= 4 is 0 Å². The van der Waals surface area contributed by atoms with Crippen LogP contribution in [0.5, 0.6) is 0 Å². The van der Waals surface area contributed by atoms with Crippen LogP contribution in [-0.4, -0.2) is 31.2 Å². The van der Waals surface area contributed by atoms with Crippen LogP contribution in [-0.2, 0) is 0 Å². The van der Waals surface area contributed by atoms with Crippen molar-refractivity contribution < 1.29 is 16.9 Å². The number of unbranched alkanes of at least 4 members (excludes halogenated alkanes) is 2. The second-order valence-electron chi connectivity index (χ2n) is 4.09. The van der Waals surface area contributed by atoms with Crippen LogP contribution in [0.25, 0.3) is 0 Å². The molecule has 82 valence electrons. The molecular weight excluding hydrogens is 182 g/mol. The van der Waals surface area contributed by atoms with Crippen molar-refractivity contribution in [2.75, 3.05) is 26.7 Å². The summed E-state index contributed by atoms with van der Waals surface area (Å²) in [5.74, 6) is 0. The van der Waals surface area contributed by atoms with Crippen LogP contribution in [0, 0.1) is 0 Å². The Kier molecular flexibility index (Phi) is 10.7. The minimum absolute atomic E-state index is 0. The molecule has 1 nitrogen and oxygen atoms in total. The number of hydrogen-bond donors (Lipinski definition) is 0. The maximum absolute atomic E-state index is 2.39. The predicted octanol–water partition coefficient (Wildman–Crippen LogP) is 0.0571. The lowest BCUT2D eigenvalue weighted by molar-refractivity contribution is -0.908. The lowest BCUT2D eigenvalue weighted by Gasteiger charge is -2.33. The van der Waals surface area contributed by atoms with E-state index in [0.29, 0.717) is 0 Å². The third kappa shape index (κ3) is 7.33. The van der Waals surface area contributed by atoms with Crippen molar-refractivity contribution in [3.8, 4) is 0 Å². The van der Waals surface area contributed by atoms with Crippen LogP contribution >= 0.6 is 0 Å². The summed E-state index contributed by atoms with van der Waals surface area (Å²) in [7, 11) is 2.39. The highest BCUT2D eigenvalue weighted by molar-refractivity contribution is 4.40. The molecular formula is C11H26ClN. The van der Waals surface area contributed by atoms with Crippen molar-refractivity contribution in [2.24, 2.45) is 0 Å². The molecule has 0 rings (SSSR count). The van der Waals surface area contributed by atoms with Gasteiger partial charge in [0.1, 0.15) is 0 Å². The third-order valence-corrected chi connectivity index (χ3v) is 2.87. The van der Waals surface area contributed by atoms with Gasteiger partial charge in [-0.05, 0) is 19.8 Å². The highest BCUT2D eigenvalue weighted by Gasteiger charge is 2.16. The fourth-order valence-electron chi connectivity index (χ4n) is 1.51. The Morgan fingerprint density at radius 2 is 1.23 bits per heavy atom. The first kappa shape index (κ1) is 15.7. The summed E-state index contributed by atoms with van der Waals surface area (Å²) in [6.07, 6.45) is 5.43. The van der Waals surface area contributed by atoms with Crippen molar-refractivity contribution in [2.45, 2.75) is 46.5 Å². The van der Waals surface area contributed by atoms with Gasteiger partial charge in [-0.3, -0.25) is 0 Å². The fourth-order valence-corrected chi connectivity index (χ4v) is 1.51. The van der Waals surface area contributed by atoms with Crippen LogP contribution < -0.4 is 12.4 Å². The normalized spacial score (nSPS) is 11.1. The van der Waals surface area contributed by atoms with E-state index in [1.54, 1.807) is 0 Å². The van der Waals surface area contributed by atoms with E-state index in [2.05, 4.69) is 27.8 Å². The van der Waals surface area contributed by atoms with Crippen molar-refractivity contribution in [3.05, 3.63) is 0 Å². The van der Waals surface area contributed by atoms with E-state index >= 15 is 0 Å². The Morgan fingerprint density at radius 3 is 1.46 bits per heavy atom. The van der Waals surface area contributed by atoms with E-state index in [0.717, 1.165) is 0 Å². The van der Waals surface area contributed by atoms with E-state index in [9.17, 15) is 0 Å². The zero-order valence-electron chi connectivity index (χ0n) is 9.77. The van der Waals surface area contributed by atoms with Gasteiger partial charge >= 0.3 is 0 Å². The van der Waals surface area contributed by atoms with Crippen LogP contribution in [0.1, 0.15) is 46.5 Å². The van der Waals surface area contributed by atoms with Gasteiger partial charge in [0.25, 0.3) is 0 Å². The SMILES string of the molecule is CCCC[N+](C)(CC)CCCC.[Cl-]. The van der Waals surface area contributed by atoms with Gasteiger partial charge in [0.2, 0.25) is 0 Å². The maximum atomic E-state index is 2.39. The van der Waals surface area contributed by atoms with Crippen molar-refractivity contribution in [1.82, 2.24) is 0 Å². The number of halogens is 1. The van der Waals surface area contributed by atoms with Gasteiger partial charge in [0, 0.05) is 0 Å². The first-order valence-electron chi connectivity index (χ1n) is 5.52. The molecule has 0 amide bonds. The van der Waals surface area contributed by atoms with E-state index in [1.807, 2.05) is 0 Å². The smallest absolute Gasteiger partial charge is 0.0784 e. The second-order valence-corrected chi connectivity index (χ2v) is 4.09. The quantitative estimate of drug-likeness (QED) is 0.518. The third-order valence-electron chi connectivity index (χ3n) is 2.87. The molecule has 0 radical (unpaired) electrons. The summed E-state index contributed by atoms with van der Waals surface area (Å²) < 4.78 is 1.28. The Bertz CT molecular complexity index is 96.3. The summed E-state index contributed by atoms with van der Waals surface area (Å²) in [6, 6.07) is 0. The second kappa shape index (κ2) is 8.83. The van der Waals surface area contributed by atoms with Gasteiger partial charge in [-0.1, -0.05) is 26.7 Å². The summed E-state index contributed by atoms with van der Waals surface area (Å²) >= 11 is 0. The molecule has 2 heteroatoms. The summed E-state index contributed by atoms with van der Waals surface area (Å²) in [5.41, 5.74) is 0. The number of quaternary nitrogens is 1. The Balaban J connectivity index is 0. The molecule has 0 saturated carbocycles. The standard InChI is InChI=1S/C11H26N.ClH/c1-5-8-10-12(4,7-3)11-9-6-2;/h5-11H2,1-4H3;1H/q+1;/p-1. The summed E-state index contributed by atoms with van der Waals surface area (Å²) in [4.78, 5) is 0. The molecule has 0 bridgehead atoms. The van der Waals surface area contributed by atoms with Gasteiger partial charge in [0.15, 0.2) is 0 Å². The van der Waals surface area contributed by atoms with E-state index in [1.165, 1.54) is 49.8 Å². The van der Waals surface area contributed by atoms with E-state index < -0.39 is 0 Å². The van der Waals surface area contributed by atoms with E-state index in [-0.39, 0.29) is 12.4 Å². The molecule has 0 aromatic carbocycles. The molecule has 0 heterocycles. The zero-order chi connectivity index (χ0) is 9.45. The number of rotatable bonds is 7. The average molecular weight is 208 g/mol. The molecule has 0 N–H and O–H groups in total. The minimum atomic E-state index is 0. The fraction of sp³-hybridized carbons (Fsp3) is 1.00. The van der Waals surface area contributed by atoms with Crippen LogP contribution in [0.4, 0.5) is 0 Å². The molecule has 0 aliphatic heterocycles. The van der Waals surface area contributed by atoms with Crippen LogP contribution in [0.2, 0.25) is 0 Å². The van der Waals surface area contributed by atoms with Gasteiger partial charge in [0.05, 0.1) is 26.7 Å². The van der Waals surface area contributed by atoms with Crippen molar-refractivity contribution in [1.29, 1.82) is 0 Å². The Morgan fingerprint density at radius 1 is 0.846 bits per heavy atom. The van der Waals surface area contributed by atoms with Crippen molar-refractivity contribution in [3.63, 3.8) is 0 Å². The number of hydrogen-bond acceptors (Lipinski definition) is 0. The van der Waals surface area contributed by atoms with Crippen LogP contribution in [0.15, 0.2) is 0 Å². The first-order valence-corrected chi connectivity index (χ1v) is 5.52. The minimum Gasteiger partial charge on any atom is -1.00 e. The van der Waals surface area contributed by atoms with Gasteiger partial charge in [-0.15, -0.1) is 0 Å². The molecule has 0 spiro atoms.